The van der Waals surface area contributed by atoms with Crippen LogP contribution in [0.4, 0.5) is 0 Å². The summed E-state index contributed by atoms with van der Waals surface area (Å²) >= 11 is 1.54. The summed E-state index contributed by atoms with van der Waals surface area (Å²) in [5.41, 5.74) is 2.88. The minimum Gasteiger partial charge on any atom is -0.351 e. The monoisotopic (exact) mass is 407 g/mol. The number of carbonyl (C=O) groups excluding carboxylic acids is 1. The summed E-state index contributed by atoms with van der Waals surface area (Å²) in [4.78, 5) is 16.0. The van der Waals surface area contributed by atoms with Crippen molar-refractivity contribution in [1.82, 2.24) is 14.6 Å². The second-order valence-corrected chi connectivity index (χ2v) is 9.86. The topological polar surface area (TPSA) is 79.4 Å². The maximum Gasteiger partial charge on any atom is 0.243 e. The van der Waals surface area contributed by atoms with Crippen LogP contribution in [0.5, 0.6) is 0 Å². The summed E-state index contributed by atoms with van der Waals surface area (Å²) in [5, 5.41) is 5.61. The molecule has 1 aliphatic rings. The van der Waals surface area contributed by atoms with Crippen LogP contribution in [-0.4, -0.2) is 36.7 Å². The van der Waals surface area contributed by atoms with Crippen LogP contribution in [0, 0.1) is 13.8 Å². The van der Waals surface area contributed by atoms with Crippen molar-refractivity contribution in [2.75, 3.05) is 13.1 Å². The zero-order chi connectivity index (χ0) is 19.6. The van der Waals surface area contributed by atoms with Gasteiger partial charge < -0.3 is 5.32 Å². The summed E-state index contributed by atoms with van der Waals surface area (Å²) in [7, 11) is -3.50. The second-order valence-electron chi connectivity index (χ2n) is 7.04. The molecule has 0 aliphatic carbocycles. The maximum atomic E-state index is 13.1. The van der Waals surface area contributed by atoms with E-state index in [-0.39, 0.29) is 11.8 Å². The van der Waals surface area contributed by atoms with E-state index in [0.29, 0.717) is 24.5 Å². The Morgan fingerprint density at radius 2 is 2.11 bits per heavy atom. The van der Waals surface area contributed by atoms with E-state index in [9.17, 15) is 13.2 Å². The Morgan fingerprint density at radius 3 is 2.81 bits per heavy atom. The number of piperidine rings is 1. The van der Waals surface area contributed by atoms with E-state index < -0.39 is 10.0 Å². The molecule has 0 bridgehead atoms. The first-order valence-corrected chi connectivity index (χ1v) is 11.4. The molecule has 2 aromatic rings. The lowest BCUT2D eigenvalue weighted by Crippen LogP contribution is -2.39. The predicted octanol–water partition coefficient (Wildman–Crippen LogP) is 2.96. The van der Waals surface area contributed by atoms with Crippen LogP contribution in [0.25, 0.3) is 0 Å². The number of carbonyl (C=O) groups is 1. The van der Waals surface area contributed by atoms with Crippen LogP contribution in [0.15, 0.2) is 28.5 Å². The average Bonchev–Trinajstić information content (AvgIpc) is 3.11. The van der Waals surface area contributed by atoms with Crippen LogP contribution in [0.2, 0.25) is 0 Å². The third-order valence-electron chi connectivity index (χ3n) is 4.94. The van der Waals surface area contributed by atoms with Gasteiger partial charge in [-0.25, -0.2) is 13.4 Å². The zero-order valence-corrected chi connectivity index (χ0v) is 17.5. The molecule has 2 heterocycles. The molecule has 1 N–H and O–H groups in total. The highest BCUT2D eigenvalue weighted by Gasteiger charge is 2.32. The van der Waals surface area contributed by atoms with Crippen molar-refractivity contribution in [1.29, 1.82) is 0 Å². The van der Waals surface area contributed by atoms with Gasteiger partial charge in [-0.15, -0.1) is 11.3 Å². The molecule has 8 heteroatoms. The van der Waals surface area contributed by atoms with E-state index in [1.165, 1.54) is 18.3 Å². The van der Waals surface area contributed by atoms with Gasteiger partial charge in [0.2, 0.25) is 15.9 Å². The second kappa shape index (κ2) is 8.08. The van der Waals surface area contributed by atoms with E-state index >= 15 is 0 Å². The van der Waals surface area contributed by atoms with Gasteiger partial charge in [0.25, 0.3) is 0 Å². The van der Waals surface area contributed by atoms with E-state index in [2.05, 4.69) is 10.3 Å². The van der Waals surface area contributed by atoms with Crippen molar-refractivity contribution < 1.29 is 13.2 Å². The third-order valence-corrected chi connectivity index (χ3v) is 7.85. The lowest BCUT2D eigenvalue weighted by Gasteiger charge is -2.31. The Morgan fingerprint density at radius 1 is 1.33 bits per heavy atom. The van der Waals surface area contributed by atoms with Crippen LogP contribution in [0.1, 0.15) is 47.5 Å². The number of nitrogens with one attached hydrogen (secondary N) is 1. The first-order valence-electron chi connectivity index (χ1n) is 9.03. The number of hydrogen-bond donors (Lipinski definition) is 1. The molecule has 3 rings (SSSR count). The Bertz CT molecular complexity index is 937. The Hall–Kier alpha value is -1.77. The summed E-state index contributed by atoms with van der Waals surface area (Å²) < 4.78 is 27.7. The first-order chi connectivity index (χ1) is 12.8. The van der Waals surface area contributed by atoms with Crippen LogP contribution in [-0.2, 0) is 21.4 Å². The van der Waals surface area contributed by atoms with Gasteiger partial charge >= 0.3 is 0 Å². The summed E-state index contributed by atoms with van der Waals surface area (Å²) in [6.45, 7) is 6.77. The number of rotatable bonds is 5. The van der Waals surface area contributed by atoms with Crippen molar-refractivity contribution in [2.45, 2.75) is 51.0 Å². The fourth-order valence-corrected chi connectivity index (χ4v) is 5.75. The molecule has 1 amide bonds. The maximum absolute atomic E-state index is 13.1. The third kappa shape index (κ3) is 4.56. The smallest absolute Gasteiger partial charge is 0.243 e. The number of hydrogen-bond acceptors (Lipinski definition) is 5. The van der Waals surface area contributed by atoms with Crippen LogP contribution < -0.4 is 5.32 Å². The summed E-state index contributed by atoms with van der Waals surface area (Å²) in [6, 6.07) is 5.30. The molecule has 1 aromatic heterocycles. The van der Waals surface area contributed by atoms with E-state index in [0.717, 1.165) is 34.7 Å². The number of thiazole rings is 1. The van der Waals surface area contributed by atoms with Crippen molar-refractivity contribution in [2.24, 2.45) is 0 Å². The van der Waals surface area contributed by atoms with Crippen molar-refractivity contribution in [3.63, 3.8) is 0 Å². The Labute approximate surface area is 164 Å². The SMILES string of the molecule is CC(=O)NCc1csc(C2CCCN(S(=O)(=O)c3ccc(C)c(C)c3)C2)n1. The zero-order valence-electron chi connectivity index (χ0n) is 15.9. The molecule has 1 atom stereocenters. The molecule has 1 aromatic carbocycles. The summed E-state index contributed by atoms with van der Waals surface area (Å²) in [6.07, 6.45) is 1.74. The summed E-state index contributed by atoms with van der Waals surface area (Å²) in [5.74, 6) is 0.00373. The van der Waals surface area contributed by atoms with Gasteiger partial charge in [0, 0.05) is 31.3 Å². The molecule has 27 heavy (non-hydrogen) atoms. The number of sulfonamides is 1. The minimum absolute atomic E-state index is 0.0899. The molecule has 146 valence electrons. The highest BCUT2D eigenvalue weighted by molar-refractivity contribution is 7.89. The fourth-order valence-electron chi connectivity index (χ4n) is 3.19. The standard InChI is InChI=1S/C19H25N3O3S2/c1-13-6-7-18(9-14(13)2)27(24,25)22-8-4-5-16(11-22)19-21-17(12-26-19)10-20-15(3)23/h6-7,9,12,16H,4-5,8,10-11H2,1-3H3,(H,20,23). The van der Waals surface area contributed by atoms with Gasteiger partial charge in [-0.3, -0.25) is 4.79 Å². The number of nitrogens with zero attached hydrogens (tertiary/aromatic N) is 2. The molecular weight excluding hydrogens is 382 g/mol. The molecule has 1 fully saturated rings. The Kier molecular flexibility index (Phi) is 5.98. The minimum atomic E-state index is -3.50. The van der Waals surface area contributed by atoms with Gasteiger partial charge in [0.1, 0.15) is 0 Å². The predicted molar refractivity (Wildman–Crippen MR) is 106 cm³/mol. The largest absolute Gasteiger partial charge is 0.351 e. The average molecular weight is 408 g/mol. The van der Waals surface area contributed by atoms with E-state index in [4.69, 9.17) is 0 Å². The molecular formula is C19H25N3O3S2. The van der Waals surface area contributed by atoms with Gasteiger partial charge in [-0.1, -0.05) is 6.07 Å². The van der Waals surface area contributed by atoms with Gasteiger partial charge in [-0.2, -0.15) is 4.31 Å². The fraction of sp³-hybridized carbons (Fsp3) is 0.474. The van der Waals surface area contributed by atoms with Crippen LogP contribution in [0.3, 0.4) is 0 Å². The lowest BCUT2D eigenvalue weighted by molar-refractivity contribution is -0.119. The van der Waals surface area contributed by atoms with Gasteiger partial charge in [-0.05, 0) is 49.9 Å². The Balaban J connectivity index is 1.75. The lowest BCUT2D eigenvalue weighted by atomic mass is 10.0. The van der Waals surface area contributed by atoms with E-state index in [1.54, 1.807) is 16.4 Å². The van der Waals surface area contributed by atoms with E-state index in [1.807, 2.05) is 25.3 Å². The number of aryl methyl sites for hydroxylation is 2. The van der Waals surface area contributed by atoms with Gasteiger partial charge in [0.15, 0.2) is 0 Å². The van der Waals surface area contributed by atoms with Crippen molar-refractivity contribution in [3.05, 3.63) is 45.4 Å². The van der Waals surface area contributed by atoms with Crippen molar-refractivity contribution in [3.8, 4) is 0 Å². The van der Waals surface area contributed by atoms with Gasteiger partial charge in [0.05, 0.1) is 22.1 Å². The quantitative estimate of drug-likeness (QED) is 0.826. The highest BCUT2D eigenvalue weighted by Crippen LogP contribution is 2.32. The molecule has 0 spiro atoms. The molecule has 1 unspecified atom stereocenters. The number of benzene rings is 1. The normalized spacial score (nSPS) is 18.4. The number of aromatic nitrogens is 1. The van der Waals surface area contributed by atoms with Crippen molar-refractivity contribution >= 4 is 27.3 Å². The first kappa shape index (κ1) is 20.0. The highest BCUT2D eigenvalue weighted by atomic mass is 32.2. The number of amides is 1. The molecule has 0 radical (unpaired) electrons. The molecule has 1 saturated heterocycles. The molecule has 1 aliphatic heterocycles. The van der Waals surface area contributed by atoms with Crippen LogP contribution >= 0.6 is 11.3 Å². The molecule has 6 nitrogen and oxygen atoms in total. The molecule has 0 saturated carbocycles.